The average molecular weight is 381 g/mol. The number of Topliss-reactive ketones (excluding diaryl/α,β-unsaturated/α-hetero) is 1. The Labute approximate surface area is 161 Å². The number of ketones is 1. The molecular weight excluding hydrogens is 361 g/mol. The van der Waals surface area contributed by atoms with Crippen LogP contribution in [-0.4, -0.2) is 30.5 Å². The van der Waals surface area contributed by atoms with E-state index in [1.807, 2.05) is 12.1 Å². The molecule has 0 fully saturated rings. The average Bonchev–Trinajstić information content (AvgIpc) is 3.09. The maximum atomic E-state index is 13.7. The maximum Gasteiger partial charge on any atom is 0.338 e. The van der Waals surface area contributed by atoms with E-state index >= 15 is 0 Å². The number of hydrogen-bond acceptors (Lipinski definition) is 4. The van der Waals surface area contributed by atoms with Crippen LogP contribution < -0.4 is 4.74 Å². The number of rotatable bonds is 5. The zero-order valence-corrected chi connectivity index (χ0v) is 15.5. The fourth-order valence-corrected chi connectivity index (χ4v) is 3.67. The third kappa shape index (κ3) is 3.38. The van der Waals surface area contributed by atoms with Crippen LogP contribution in [0.3, 0.4) is 0 Å². The molecule has 0 radical (unpaired) electrons. The fourth-order valence-electron chi connectivity index (χ4n) is 3.67. The predicted molar refractivity (Wildman–Crippen MR) is 103 cm³/mol. The molecule has 0 saturated heterocycles. The Bertz CT molecular complexity index is 1070. The van der Waals surface area contributed by atoms with Crippen LogP contribution in [-0.2, 0) is 17.6 Å². The first-order chi connectivity index (χ1) is 13.6. The topological polar surface area (TPSA) is 68.4 Å². The molecule has 0 amide bonds. The van der Waals surface area contributed by atoms with Gasteiger partial charge in [0.15, 0.2) is 24.0 Å². The van der Waals surface area contributed by atoms with Crippen molar-refractivity contribution < 1.29 is 23.5 Å². The lowest BCUT2D eigenvalue weighted by molar-refractivity contribution is 0.0475. The van der Waals surface area contributed by atoms with Gasteiger partial charge >= 0.3 is 5.97 Å². The van der Waals surface area contributed by atoms with Gasteiger partial charge in [-0.2, -0.15) is 0 Å². The van der Waals surface area contributed by atoms with E-state index in [2.05, 4.69) is 4.98 Å². The minimum absolute atomic E-state index is 0.0525. The molecule has 1 aromatic heterocycles. The minimum Gasteiger partial charge on any atom is -0.494 e. The monoisotopic (exact) mass is 381 g/mol. The van der Waals surface area contributed by atoms with E-state index < -0.39 is 24.2 Å². The summed E-state index contributed by atoms with van der Waals surface area (Å²) in [4.78, 5) is 28.0. The third-order valence-electron chi connectivity index (χ3n) is 5.14. The van der Waals surface area contributed by atoms with Crippen LogP contribution in [0, 0.1) is 5.82 Å². The molecule has 1 N–H and O–H groups in total. The Balaban J connectivity index is 1.47. The summed E-state index contributed by atoms with van der Waals surface area (Å²) in [6.45, 7) is -0.451. The number of esters is 1. The van der Waals surface area contributed by atoms with Gasteiger partial charge in [0.2, 0.25) is 0 Å². The number of H-pyrrole nitrogens is 1. The predicted octanol–water partition coefficient (Wildman–Crippen LogP) is 4.23. The maximum absolute atomic E-state index is 13.7. The second kappa shape index (κ2) is 7.46. The molecule has 0 bridgehead atoms. The zero-order valence-electron chi connectivity index (χ0n) is 15.5. The molecule has 144 valence electrons. The smallest absolute Gasteiger partial charge is 0.338 e. The van der Waals surface area contributed by atoms with Gasteiger partial charge in [-0.15, -0.1) is 0 Å². The second-order valence-corrected chi connectivity index (χ2v) is 6.90. The molecule has 0 spiro atoms. The van der Waals surface area contributed by atoms with Crippen LogP contribution in [0.25, 0.3) is 10.9 Å². The Kier molecular flexibility index (Phi) is 4.86. The van der Waals surface area contributed by atoms with Crippen LogP contribution in [0.1, 0.15) is 44.8 Å². The molecule has 2 aromatic carbocycles. The second-order valence-electron chi connectivity index (χ2n) is 6.90. The van der Waals surface area contributed by atoms with Crippen LogP contribution in [0.5, 0.6) is 5.75 Å². The highest BCUT2D eigenvalue weighted by molar-refractivity contribution is 6.00. The van der Waals surface area contributed by atoms with Gasteiger partial charge in [-0.25, -0.2) is 9.18 Å². The summed E-state index contributed by atoms with van der Waals surface area (Å²) in [6, 6.07) is 9.25. The highest BCUT2D eigenvalue weighted by Gasteiger charge is 2.18. The van der Waals surface area contributed by atoms with E-state index in [0.717, 1.165) is 36.2 Å². The molecule has 0 atom stereocenters. The van der Waals surface area contributed by atoms with E-state index in [-0.39, 0.29) is 11.3 Å². The Morgan fingerprint density at radius 2 is 1.86 bits per heavy atom. The van der Waals surface area contributed by atoms with Crippen molar-refractivity contribution in [2.24, 2.45) is 0 Å². The summed E-state index contributed by atoms with van der Waals surface area (Å²) in [5.74, 6) is -1.64. The van der Waals surface area contributed by atoms with Gasteiger partial charge in [0.05, 0.1) is 12.7 Å². The van der Waals surface area contributed by atoms with Crippen molar-refractivity contribution in [3.63, 3.8) is 0 Å². The molecule has 0 unspecified atom stereocenters. The molecule has 0 saturated carbocycles. The van der Waals surface area contributed by atoms with Gasteiger partial charge in [0.25, 0.3) is 0 Å². The van der Waals surface area contributed by atoms with Crippen LogP contribution in [0.4, 0.5) is 4.39 Å². The number of fused-ring (bicyclic) bond motifs is 3. The quantitative estimate of drug-likeness (QED) is 0.530. The molecule has 0 aliphatic heterocycles. The van der Waals surface area contributed by atoms with Crippen molar-refractivity contribution in [1.29, 1.82) is 0 Å². The zero-order chi connectivity index (χ0) is 19.7. The van der Waals surface area contributed by atoms with Gasteiger partial charge in [-0.05, 0) is 67.6 Å². The standard InChI is InChI=1S/C22H20FNO4/c1-27-21-9-7-13(11-17(21)23)20(25)12-28-22(26)14-6-8-19-16(10-14)15-4-2-3-5-18(15)24-19/h6-11,24H,2-5,12H2,1H3. The summed E-state index contributed by atoms with van der Waals surface area (Å²) in [7, 11) is 1.35. The van der Waals surface area contributed by atoms with Gasteiger partial charge in [0, 0.05) is 22.2 Å². The van der Waals surface area contributed by atoms with Crippen molar-refractivity contribution >= 4 is 22.7 Å². The van der Waals surface area contributed by atoms with E-state index in [1.165, 1.54) is 36.9 Å². The Morgan fingerprint density at radius 1 is 1.07 bits per heavy atom. The first kappa shape index (κ1) is 18.2. The first-order valence-corrected chi connectivity index (χ1v) is 9.24. The number of methoxy groups -OCH3 is 1. The number of carbonyl (C=O) groups excluding carboxylic acids is 2. The molecule has 4 rings (SSSR count). The highest BCUT2D eigenvalue weighted by atomic mass is 19.1. The summed E-state index contributed by atoms with van der Waals surface area (Å²) in [6.07, 6.45) is 4.33. The fraction of sp³-hybridized carbons (Fsp3) is 0.273. The molecule has 1 heterocycles. The van der Waals surface area contributed by atoms with E-state index in [1.54, 1.807) is 6.07 Å². The number of aryl methyl sites for hydroxylation is 2. The molecule has 28 heavy (non-hydrogen) atoms. The Hall–Kier alpha value is -3.15. The van der Waals surface area contributed by atoms with Crippen LogP contribution in [0.15, 0.2) is 36.4 Å². The highest BCUT2D eigenvalue weighted by Crippen LogP contribution is 2.29. The molecule has 3 aromatic rings. The van der Waals surface area contributed by atoms with E-state index in [0.29, 0.717) is 5.56 Å². The number of nitrogens with one attached hydrogen (secondary N) is 1. The minimum atomic E-state index is -0.637. The largest absolute Gasteiger partial charge is 0.494 e. The van der Waals surface area contributed by atoms with Crippen LogP contribution in [0.2, 0.25) is 0 Å². The normalized spacial score (nSPS) is 13.2. The number of aromatic nitrogens is 1. The molecule has 1 aliphatic rings. The number of halogens is 1. The van der Waals surface area contributed by atoms with Crippen molar-refractivity contribution in [1.82, 2.24) is 4.98 Å². The van der Waals surface area contributed by atoms with Gasteiger partial charge < -0.3 is 14.5 Å². The summed E-state index contributed by atoms with van der Waals surface area (Å²) < 4.78 is 23.7. The number of hydrogen-bond donors (Lipinski definition) is 1. The van der Waals surface area contributed by atoms with Crippen molar-refractivity contribution in [3.8, 4) is 5.75 Å². The van der Waals surface area contributed by atoms with Crippen molar-refractivity contribution in [3.05, 3.63) is 64.6 Å². The molecular formula is C22H20FNO4. The number of benzene rings is 2. The summed E-state index contributed by atoms with van der Waals surface area (Å²) in [5, 5.41) is 1.03. The molecule has 5 nitrogen and oxygen atoms in total. The SMILES string of the molecule is COc1ccc(C(=O)COC(=O)c2ccc3[nH]c4c(c3c2)CCCC4)cc1F. The number of ether oxygens (including phenoxy) is 2. The number of carbonyl (C=O) groups is 2. The molecule has 6 heteroatoms. The van der Waals surface area contributed by atoms with Crippen molar-refractivity contribution in [2.75, 3.05) is 13.7 Å². The lowest BCUT2D eigenvalue weighted by Gasteiger charge is -2.10. The van der Waals surface area contributed by atoms with Crippen LogP contribution >= 0.6 is 0 Å². The van der Waals surface area contributed by atoms with Gasteiger partial charge in [0.1, 0.15) is 0 Å². The summed E-state index contributed by atoms with van der Waals surface area (Å²) >= 11 is 0. The molecule has 1 aliphatic carbocycles. The number of aromatic amines is 1. The first-order valence-electron chi connectivity index (χ1n) is 9.24. The third-order valence-corrected chi connectivity index (χ3v) is 5.14. The van der Waals surface area contributed by atoms with Gasteiger partial charge in [-0.1, -0.05) is 0 Å². The lowest BCUT2D eigenvalue weighted by atomic mass is 9.95. The Morgan fingerprint density at radius 3 is 2.64 bits per heavy atom. The van der Waals surface area contributed by atoms with E-state index in [4.69, 9.17) is 9.47 Å². The van der Waals surface area contributed by atoms with Gasteiger partial charge in [-0.3, -0.25) is 4.79 Å². The summed E-state index contributed by atoms with van der Waals surface area (Å²) in [5.41, 5.74) is 4.03. The van der Waals surface area contributed by atoms with E-state index in [9.17, 15) is 14.0 Å². The van der Waals surface area contributed by atoms with Crippen molar-refractivity contribution in [2.45, 2.75) is 25.7 Å². The lowest BCUT2D eigenvalue weighted by Crippen LogP contribution is -2.14.